The van der Waals surface area contributed by atoms with Crippen LogP contribution in [-0.4, -0.2) is 18.1 Å². The van der Waals surface area contributed by atoms with Crippen molar-refractivity contribution in [1.82, 2.24) is 10.6 Å². The zero-order chi connectivity index (χ0) is 15.7. The minimum atomic E-state index is -0.465. The monoisotopic (exact) mass is 305 g/mol. The van der Waals surface area contributed by atoms with E-state index in [1.165, 1.54) is 0 Å². The Bertz CT molecular complexity index is 653. The summed E-state index contributed by atoms with van der Waals surface area (Å²) in [6.07, 6.45) is 0. The molecule has 5 nitrogen and oxygen atoms in total. The zero-order valence-electron chi connectivity index (χ0n) is 12.5. The highest BCUT2D eigenvalue weighted by Crippen LogP contribution is 2.32. The molecule has 4 N–H and O–H groups in total. The van der Waals surface area contributed by atoms with E-state index in [1.54, 1.807) is 14.0 Å². The van der Waals surface area contributed by atoms with Gasteiger partial charge in [-0.3, -0.25) is 4.79 Å². The molecule has 0 spiro atoms. The second-order valence-corrected chi connectivity index (χ2v) is 5.52. The summed E-state index contributed by atoms with van der Waals surface area (Å²) >= 11 is 5.19. The lowest BCUT2D eigenvalue weighted by Gasteiger charge is -2.30. The van der Waals surface area contributed by atoms with Gasteiger partial charge in [0.1, 0.15) is 5.75 Å². The largest absolute Gasteiger partial charge is 0.496 e. The Morgan fingerprint density at radius 1 is 1.29 bits per heavy atom. The third-order valence-corrected chi connectivity index (χ3v) is 3.85. The van der Waals surface area contributed by atoms with Crippen LogP contribution in [0, 0.1) is 13.8 Å². The Hall–Kier alpha value is -2.08. The predicted octanol–water partition coefficient (Wildman–Crippen LogP) is 1.59. The summed E-state index contributed by atoms with van der Waals surface area (Å²) < 4.78 is 5.32. The lowest BCUT2D eigenvalue weighted by molar-refractivity contribution is -0.115. The highest BCUT2D eigenvalue weighted by Gasteiger charge is 2.29. The van der Waals surface area contributed by atoms with Gasteiger partial charge in [0.2, 0.25) is 5.91 Å². The fourth-order valence-electron chi connectivity index (χ4n) is 2.60. The number of nitrogens with two attached hydrogens (primary N) is 1. The molecule has 0 bridgehead atoms. The van der Waals surface area contributed by atoms with Crippen molar-refractivity contribution in [2.45, 2.75) is 26.8 Å². The van der Waals surface area contributed by atoms with E-state index in [0.29, 0.717) is 16.4 Å². The van der Waals surface area contributed by atoms with Gasteiger partial charge < -0.3 is 21.1 Å². The number of thiocarbonyl (C=S) groups is 1. The fraction of sp³-hybridized carbons (Fsp3) is 0.333. The van der Waals surface area contributed by atoms with Gasteiger partial charge in [-0.05, 0) is 61.8 Å². The fourth-order valence-corrected chi connectivity index (χ4v) is 2.87. The molecule has 1 amide bonds. The molecule has 6 heteroatoms. The summed E-state index contributed by atoms with van der Waals surface area (Å²) in [5.74, 6) is 0.349. The molecule has 0 saturated carbocycles. The summed E-state index contributed by atoms with van der Waals surface area (Å²) in [5, 5.41) is 6.54. The average Bonchev–Trinajstić information content (AvgIpc) is 2.39. The van der Waals surface area contributed by atoms with Gasteiger partial charge in [-0.15, -0.1) is 0 Å². The first-order chi connectivity index (χ1) is 9.85. The lowest BCUT2D eigenvalue weighted by atomic mass is 9.90. The molecular formula is C15H19N3O2S. The van der Waals surface area contributed by atoms with Crippen LogP contribution in [0.15, 0.2) is 23.4 Å². The van der Waals surface area contributed by atoms with E-state index in [2.05, 4.69) is 10.6 Å². The Balaban J connectivity index is 2.58. The maximum Gasteiger partial charge on any atom is 0.248 e. The van der Waals surface area contributed by atoms with Crippen molar-refractivity contribution < 1.29 is 9.53 Å². The Morgan fingerprint density at radius 3 is 2.52 bits per heavy atom. The van der Waals surface area contributed by atoms with Crippen molar-refractivity contribution >= 4 is 23.2 Å². The maximum absolute atomic E-state index is 11.8. The summed E-state index contributed by atoms with van der Waals surface area (Å²) in [7, 11) is 1.64. The van der Waals surface area contributed by atoms with Gasteiger partial charge in [0, 0.05) is 5.70 Å². The Labute approximate surface area is 129 Å². The van der Waals surface area contributed by atoms with Gasteiger partial charge in [0.25, 0.3) is 0 Å². The summed E-state index contributed by atoms with van der Waals surface area (Å²) in [6, 6.07) is 3.60. The topological polar surface area (TPSA) is 76.4 Å². The van der Waals surface area contributed by atoms with Crippen molar-refractivity contribution in [3.8, 4) is 5.75 Å². The van der Waals surface area contributed by atoms with Crippen LogP contribution in [0.2, 0.25) is 0 Å². The molecule has 112 valence electrons. The summed E-state index contributed by atoms with van der Waals surface area (Å²) in [4.78, 5) is 11.8. The number of hydrogen-bond acceptors (Lipinski definition) is 3. The molecule has 2 rings (SSSR count). The quantitative estimate of drug-likeness (QED) is 0.739. The van der Waals surface area contributed by atoms with Crippen LogP contribution < -0.4 is 21.1 Å². The lowest BCUT2D eigenvalue weighted by Crippen LogP contribution is -2.46. The minimum absolute atomic E-state index is 0.346. The number of carbonyl (C=O) groups excluding carboxylic acids is 1. The SMILES string of the molecule is COc1cc(C)c([C@H]2NC(=S)NC(C)=C2C(N)=O)cc1C. The summed E-state index contributed by atoms with van der Waals surface area (Å²) in [6.45, 7) is 5.73. The van der Waals surface area contributed by atoms with E-state index < -0.39 is 5.91 Å². The molecular weight excluding hydrogens is 286 g/mol. The van der Waals surface area contributed by atoms with Gasteiger partial charge in [-0.1, -0.05) is 0 Å². The molecule has 0 aromatic heterocycles. The molecule has 0 fully saturated rings. The van der Waals surface area contributed by atoms with Gasteiger partial charge in [0.15, 0.2) is 5.11 Å². The predicted molar refractivity (Wildman–Crippen MR) is 86.0 cm³/mol. The zero-order valence-corrected chi connectivity index (χ0v) is 13.4. The molecule has 21 heavy (non-hydrogen) atoms. The average molecular weight is 305 g/mol. The molecule has 1 aromatic rings. The maximum atomic E-state index is 11.8. The van der Waals surface area contributed by atoms with E-state index in [9.17, 15) is 4.79 Å². The second-order valence-electron chi connectivity index (χ2n) is 5.11. The molecule has 0 radical (unpaired) electrons. The van der Waals surface area contributed by atoms with Crippen LogP contribution in [0.3, 0.4) is 0 Å². The van der Waals surface area contributed by atoms with Crippen molar-refractivity contribution in [1.29, 1.82) is 0 Å². The first-order valence-electron chi connectivity index (χ1n) is 6.58. The van der Waals surface area contributed by atoms with E-state index in [1.807, 2.05) is 26.0 Å². The summed E-state index contributed by atoms with van der Waals surface area (Å²) in [5.41, 5.74) is 9.67. The van der Waals surface area contributed by atoms with Crippen LogP contribution in [0.4, 0.5) is 0 Å². The number of methoxy groups -OCH3 is 1. The van der Waals surface area contributed by atoms with Crippen molar-refractivity contribution in [2.75, 3.05) is 7.11 Å². The molecule has 0 aliphatic carbocycles. The van der Waals surface area contributed by atoms with Gasteiger partial charge in [-0.2, -0.15) is 0 Å². The molecule has 1 aliphatic rings. The number of hydrogen-bond donors (Lipinski definition) is 3. The van der Waals surface area contributed by atoms with Gasteiger partial charge in [-0.25, -0.2) is 0 Å². The third kappa shape index (κ3) is 2.85. The van der Waals surface area contributed by atoms with E-state index in [-0.39, 0.29) is 6.04 Å². The molecule has 1 aliphatic heterocycles. The molecule has 1 aromatic carbocycles. The smallest absolute Gasteiger partial charge is 0.248 e. The molecule has 0 saturated heterocycles. The van der Waals surface area contributed by atoms with Crippen molar-refractivity contribution in [3.05, 3.63) is 40.1 Å². The Morgan fingerprint density at radius 2 is 1.95 bits per heavy atom. The first kappa shape index (κ1) is 15.3. The molecule has 0 unspecified atom stereocenters. The number of benzene rings is 1. The van der Waals surface area contributed by atoms with Crippen molar-refractivity contribution in [3.63, 3.8) is 0 Å². The van der Waals surface area contributed by atoms with E-state index in [0.717, 1.165) is 22.4 Å². The van der Waals surface area contributed by atoms with Crippen molar-refractivity contribution in [2.24, 2.45) is 5.73 Å². The molecule has 1 heterocycles. The minimum Gasteiger partial charge on any atom is -0.496 e. The van der Waals surface area contributed by atoms with E-state index >= 15 is 0 Å². The standard InChI is InChI=1S/C15H19N3O2S/c1-7-6-11(20-4)8(2)5-10(7)13-12(14(16)19)9(3)17-15(21)18-13/h5-6,13H,1-4H3,(H2,16,19)(H2,17,18,21)/t13-/m1/s1. The number of nitrogens with one attached hydrogen (secondary N) is 2. The van der Waals surface area contributed by atoms with Crippen LogP contribution in [0.1, 0.15) is 29.7 Å². The van der Waals surface area contributed by atoms with Crippen LogP contribution in [0.5, 0.6) is 5.75 Å². The highest BCUT2D eigenvalue weighted by molar-refractivity contribution is 7.80. The molecule has 1 atom stereocenters. The van der Waals surface area contributed by atoms with Crippen LogP contribution in [-0.2, 0) is 4.79 Å². The van der Waals surface area contributed by atoms with Gasteiger partial charge in [0.05, 0.1) is 18.7 Å². The number of rotatable bonds is 3. The normalized spacial score (nSPS) is 18.1. The number of allylic oxidation sites excluding steroid dienone is 1. The third-order valence-electron chi connectivity index (χ3n) is 3.63. The van der Waals surface area contributed by atoms with E-state index in [4.69, 9.17) is 22.7 Å². The number of primary amides is 1. The Kier molecular flexibility index (Phi) is 4.18. The second kappa shape index (κ2) is 5.73. The number of amides is 1. The van der Waals surface area contributed by atoms with Gasteiger partial charge >= 0.3 is 0 Å². The highest BCUT2D eigenvalue weighted by atomic mass is 32.1. The number of ether oxygens (including phenoxy) is 1. The first-order valence-corrected chi connectivity index (χ1v) is 6.99. The van der Waals surface area contributed by atoms with Crippen LogP contribution >= 0.6 is 12.2 Å². The number of carbonyl (C=O) groups is 1. The number of aryl methyl sites for hydroxylation is 2. The van der Waals surface area contributed by atoms with Crippen LogP contribution in [0.25, 0.3) is 0 Å².